The highest BCUT2D eigenvalue weighted by Crippen LogP contribution is 2.40. The summed E-state index contributed by atoms with van der Waals surface area (Å²) in [7, 11) is 1.60. The number of carboxylic acids is 1. The first-order valence-electron chi connectivity index (χ1n) is 7.06. The van der Waals surface area contributed by atoms with E-state index in [0.29, 0.717) is 32.5 Å². The highest BCUT2D eigenvalue weighted by Gasteiger charge is 2.42. The number of amides is 1. The van der Waals surface area contributed by atoms with Gasteiger partial charge < -0.3 is 14.7 Å². The first-order valence-corrected chi connectivity index (χ1v) is 7.06. The molecule has 0 aromatic carbocycles. The molecule has 19 heavy (non-hydrogen) atoms. The summed E-state index contributed by atoms with van der Waals surface area (Å²) in [6.07, 6.45) is 4.25. The number of likely N-dealkylation sites (N-methyl/N-ethyl adjacent to an activating group) is 1. The largest absolute Gasteiger partial charge is 0.481 e. The molecule has 1 amide bonds. The Labute approximate surface area is 114 Å². The van der Waals surface area contributed by atoms with Gasteiger partial charge in [-0.3, -0.25) is 9.59 Å². The SMILES string of the molecule is CCN(CCOC)C(=O)CC1(C(=O)O)CCCCC1. The molecule has 1 fully saturated rings. The van der Waals surface area contributed by atoms with Crippen molar-refractivity contribution in [1.29, 1.82) is 0 Å². The van der Waals surface area contributed by atoms with E-state index < -0.39 is 11.4 Å². The molecule has 0 aliphatic heterocycles. The highest BCUT2D eigenvalue weighted by molar-refractivity contribution is 5.85. The van der Waals surface area contributed by atoms with Crippen molar-refractivity contribution in [3.63, 3.8) is 0 Å². The van der Waals surface area contributed by atoms with E-state index in [4.69, 9.17) is 4.74 Å². The van der Waals surface area contributed by atoms with Gasteiger partial charge in [0, 0.05) is 26.6 Å². The van der Waals surface area contributed by atoms with Gasteiger partial charge in [0.1, 0.15) is 0 Å². The van der Waals surface area contributed by atoms with E-state index in [2.05, 4.69) is 0 Å². The maximum absolute atomic E-state index is 12.3. The molecule has 1 rings (SSSR count). The summed E-state index contributed by atoms with van der Waals surface area (Å²) in [5, 5.41) is 9.47. The van der Waals surface area contributed by atoms with Crippen LogP contribution in [0.2, 0.25) is 0 Å². The van der Waals surface area contributed by atoms with E-state index in [1.54, 1.807) is 12.0 Å². The van der Waals surface area contributed by atoms with Gasteiger partial charge in [-0.2, -0.15) is 0 Å². The van der Waals surface area contributed by atoms with Crippen molar-refractivity contribution in [2.75, 3.05) is 26.8 Å². The fourth-order valence-corrected chi connectivity index (χ4v) is 2.76. The Kier molecular flexibility index (Phi) is 6.28. The minimum atomic E-state index is -0.837. The third-order valence-corrected chi connectivity index (χ3v) is 4.05. The number of aliphatic carboxylic acids is 1. The standard InChI is InChI=1S/C14H25NO4/c1-3-15(9-10-19-2)12(16)11-14(13(17)18)7-5-4-6-8-14/h3-11H2,1-2H3,(H,17,18). The normalized spacial score (nSPS) is 18.0. The van der Waals surface area contributed by atoms with Crippen molar-refractivity contribution in [3.05, 3.63) is 0 Å². The third kappa shape index (κ3) is 4.20. The highest BCUT2D eigenvalue weighted by atomic mass is 16.5. The molecule has 1 aliphatic carbocycles. The Morgan fingerprint density at radius 2 is 1.89 bits per heavy atom. The smallest absolute Gasteiger partial charge is 0.310 e. The summed E-state index contributed by atoms with van der Waals surface area (Å²) in [5.41, 5.74) is -0.837. The van der Waals surface area contributed by atoms with Gasteiger partial charge in [0.25, 0.3) is 0 Å². The molecule has 0 radical (unpaired) electrons. The van der Waals surface area contributed by atoms with Crippen molar-refractivity contribution in [3.8, 4) is 0 Å². The summed E-state index contributed by atoms with van der Waals surface area (Å²) in [5.74, 6) is -0.882. The van der Waals surface area contributed by atoms with Crippen molar-refractivity contribution in [2.45, 2.75) is 45.4 Å². The van der Waals surface area contributed by atoms with Crippen molar-refractivity contribution in [2.24, 2.45) is 5.41 Å². The van der Waals surface area contributed by atoms with Crippen LogP contribution < -0.4 is 0 Å². The van der Waals surface area contributed by atoms with Crippen molar-refractivity contribution >= 4 is 11.9 Å². The Hall–Kier alpha value is -1.10. The zero-order valence-electron chi connectivity index (χ0n) is 12.0. The van der Waals surface area contributed by atoms with Crippen molar-refractivity contribution < 1.29 is 19.4 Å². The zero-order valence-corrected chi connectivity index (χ0v) is 12.0. The summed E-state index contributed by atoms with van der Waals surface area (Å²) in [6.45, 7) is 3.51. The minimum absolute atomic E-state index is 0.0659. The number of carboxylic acid groups (broad SMARTS) is 1. The molecular formula is C14H25NO4. The molecule has 1 aliphatic rings. The molecular weight excluding hydrogens is 246 g/mol. The average molecular weight is 271 g/mol. The molecule has 5 nitrogen and oxygen atoms in total. The predicted octanol–water partition coefficient (Wildman–Crippen LogP) is 1.91. The number of ether oxygens (including phenoxy) is 1. The van der Waals surface area contributed by atoms with Gasteiger partial charge in [0.15, 0.2) is 0 Å². The number of rotatable bonds is 7. The Morgan fingerprint density at radius 3 is 2.37 bits per heavy atom. The van der Waals surface area contributed by atoms with Gasteiger partial charge in [0.2, 0.25) is 5.91 Å². The van der Waals surface area contributed by atoms with E-state index >= 15 is 0 Å². The molecule has 0 atom stereocenters. The second kappa shape index (κ2) is 7.48. The van der Waals surface area contributed by atoms with E-state index in [-0.39, 0.29) is 12.3 Å². The van der Waals surface area contributed by atoms with E-state index in [0.717, 1.165) is 19.3 Å². The summed E-state index contributed by atoms with van der Waals surface area (Å²) >= 11 is 0. The van der Waals surface area contributed by atoms with Gasteiger partial charge in [-0.15, -0.1) is 0 Å². The fraction of sp³-hybridized carbons (Fsp3) is 0.857. The van der Waals surface area contributed by atoms with Crippen LogP contribution >= 0.6 is 0 Å². The van der Waals surface area contributed by atoms with Gasteiger partial charge in [0.05, 0.1) is 12.0 Å². The van der Waals surface area contributed by atoms with Crippen LogP contribution in [0.4, 0.5) is 0 Å². The van der Waals surface area contributed by atoms with Crippen LogP contribution in [0.15, 0.2) is 0 Å². The molecule has 0 bridgehead atoms. The fourth-order valence-electron chi connectivity index (χ4n) is 2.76. The molecule has 0 aromatic rings. The number of carbonyl (C=O) groups excluding carboxylic acids is 1. The van der Waals surface area contributed by atoms with Crippen LogP contribution in [-0.2, 0) is 14.3 Å². The Bertz CT molecular complexity index is 311. The lowest BCUT2D eigenvalue weighted by Gasteiger charge is -2.34. The van der Waals surface area contributed by atoms with Gasteiger partial charge in [-0.1, -0.05) is 19.3 Å². The number of hydrogen-bond acceptors (Lipinski definition) is 3. The maximum Gasteiger partial charge on any atom is 0.310 e. The molecule has 1 saturated carbocycles. The molecule has 110 valence electrons. The topological polar surface area (TPSA) is 66.8 Å². The number of carbonyl (C=O) groups is 2. The van der Waals surface area contributed by atoms with Crippen LogP contribution in [0.25, 0.3) is 0 Å². The second-order valence-electron chi connectivity index (χ2n) is 5.29. The lowest BCUT2D eigenvalue weighted by molar-refractivity contribution is -0.156. The average Bonchev–Trinajstić information content (AvgIpc) is 2.40. The van der Waals surface area contributed by atoms with E-state index in [9.17, 15) is 14.7 Å². The first kappa shape index (κ1) is 16.0. The number of hydrogen-bond donors (Lipinski definition) is 1. The maximum atomic E-state index is 12.3. The van der Waals surface area contributed by atoms with E-state index in [1.165, 1.54) is 0 Å². The van der Waals surface area contributed by atoms with Gasteiger partial charge in [-0.25, -0.2) is 0 Å². The second-order valence-corrected chi connectivity index (χ2v) is 5.29. The summed E-state index contributed by atoms with van der Waals surface area (Å²) in [4.78, 5) is 25.5. The lowest BCUT2D eigenvalue weighted by Crippen LogP contribution is -2.42. The Morgan fingerprint density at radius 1 is 1.26 bits per heavy atom. The molecule has 5 heteroatoms. The monoisotopic (exact) mass is 271 g/mol. The molecule has 0 unspecified atom stereocenters. The van der Waals surface area contributed by atoms with Crippen LogP contribution in [0, 0.1) is 5.41 Å². The third-order valence-electron chi connectivity index (χ3n) is 4.05. The predicted molar refractivity (Wildman–Crippen MR) is 71.9 cm³/mol. The first-order chi connectivity index (χ1) is 9.05. The van der Waals surface area contributed by atoms with Gasteiger partial charge in [-0.05, 0) is 19.8 Å². The molecule has 0 saturated heterocycles. The summed E-state index contributed by atoms with van der Waals surface area (Å²) in [6, 6.07) is 0. The molecule has 0 heterocycles. The quantitative estimate of drug-likeness (QED) is 0.768. The van der Waals surface area contributed by atoms with Crippen LogP contribution in [0.5, 0.6) is 0 Å². The van der Waals surface area contributed by atoms with Gasteiger partial charge >= 0.3 is 5.97 Å². The van der Waals surface area contributed by atoms with E-state index in [1.807, 2.05) is 6.92 Å². The molecule has 1 N–H and O–H groups in total. The molecule has 0 aromatic heterocycles. The molecule has 0 spiro atoms. The summed E-state index contributed by atoms with van der Waals surface area (Å²) < 4.78 is 4.98. The van der Waals surface area contributed by atoms with Crippen molar-refractivity contribution in [1.82, 2.24) is 4.90 Å². The Balaban J connectivity index is 2.67. The lowest BCUT2D eigenvalue weighted by atomic mass is 9.71. The number of nitrogens with zero attached hydrogens (tertiary/aromatic N) is 1. The number of methoxy groups -OCH3 is 1. The minimum Gasteiger partial charge on any atom is -0.481 e. The van der Waals surface area contributed by atoms with Crippen LogP contribution in [-0.4, -0.2) is 48.7 Å². The van der Waals surface area contributed by atoms with Crippen LogP contribution in [0.1, 0.15) is 45.4 Å². The zero-order chi connectivity index (χ0) is 14.3. The van der Waals surface area contributed by atoms with Crippen LogP contribution in [0.3, 0.4) is 0 Å².